The number of phenols is 1. The van der Waals surface area contributed by atoms with Crippen LogP contribution in [-0.4, -0.2) is 20.9 Å². The standard InChI is InChI=1S/C19H13N3O3/c1-10-4-5-11-6-7-14(21-16(11)18(10)23)13-9-15(22-25)12-3-2-8-20-17(12)19(13)24/h2-9,11,23-24H,1H2. The number of aromatic nitrogens is 1. The summed E-state index contributed by atoms with van der Waals surface area (Å²) in [6.45, 7) is 3.77. The molecular formula is C19H13N3O3. The lowest BCUT2D eigenvalue weighted by Crippen LogP contribution is -2.13. The van der Waals surface area contributed by atoms with Gasteiger partial charge < -0.3 is 10.2 Å². The number of nitrogens with zero attached hydrogens (tertiary/aromatic N) is 3. The molecule has 1 atom stereocenters. The van der Waals surface area contributed by atoms with E-state index in [0.717, 1.165) is 0 Å². The zero-order valence-electron chi connectivity index (χ0n) is 13.0. The van der Waals surface area contributed by atoms with Gasteiger partial charge in [0.05, 0.1) is 11.4 Å². The highest BCUT2D eigenvalue weighted by molar-refractivity contribution is 6.15. The smallest absolute Gasteiger partial charge is 0.151 e. The number of hydrogen-bond acceptors (Lipinski definition) is 6. The summed E-state index contributed by atoms with van der Waals surface area (Å²) >= 11 is 0. The summed E-state index contributed by atoms with van der Waals surface area (Å²) in [5.74, 6) is -0.227. The highest BCUT2D eigenvalue weighted by atomic mass is 16.3. The van der Waals surface area contributed by atoms with Gasteiger partial charge in [-0.3, -0.25) is 4.98 Å². The van der Waals surface area contributed by atoms with Gasteiger partial charge in [-0.1, -0.05) is 24.8 Å². The molecule has 0 fully saturated rings. The van der Waals surface area contributed by atoms with E-state index in [4.69, 9.17) is 0 Å². The minimum Gasteiger partial charge on any atom is -0.505 e. The van der Waals surface area contributed by atoms with Crippen LogP contribution in [0.3, 0.4) is 0 Å². The lowest BCUT2D eigenvalue weighted by molar-refractivity contribution is 0.411. The Morgan fingerprint density at radius 1 is 1.20 bits per heavy atom. The molecule has 1 aromatic carbocycles. The number of hydrogen-bond donors (Lipinski definition) is 2. The van der Waals surface area contributed by atoms with E-state index in [1.807, 2.05) is 12.2 Å². The van der Waals surface area contributed by atoms with E-state index in [1.165, 1.54) is 12.3 Å². The number of rotatable bonds is 2. The summed E-state index contributed by atoms with van der Waals surface area (Å²) in [5.41, 5.74) is 2.11. The third-order valence-corrected chi connectivity index (χ3v) is 4.29. The summed E-state index contributed by atoms with van der Waals surface area (Å²) in [5, 5.41) is 24.3. The molecule has 2 N–H and O–H groups in total. The molecule has 1 aliphatic carbocycles. The third-order valence-electron chi connectivity index (χ3n) is 4.29. The Labute approximate surface area is 142 Å². The van der Waals surface area contributed by atoms with Crippen LogP contribution in [-0.2, 0) is 0 Å². The predicted molar refractivity (Wildman–Crippen MR) is 96.0 cm³/mol. The van der Waals surface area contributed by atoms with Gasteiger partial charge in [-0.05, 0) is 29.5 Å². The maximum atomic E-state index is 11.2. The van der Waals surface area contributed by atoms with Gasteiger partial charge in [0.1, 0.15) is 17.0 Å². The molecule has 0 amide bonds. The molecule has 6 heteroatoms. The van der Waals surface area contributed by atoms with Crippen molar-refractivity contribution in [1.82, 2.24) is 4.98 Å². The molecule has 0 radical (unpaired) electrons. The Balaban J connectivity index is 1.94. The van der Waals surface area contributed by atoms with E-state index in [9.17, 15) is 15.1 Å². The van der Waals surface area contributed by atoms with Crippen LogP contribution in [0.2, 0.25) is 0 Å². The third kappa shape index (κ3) is 2.27. The fraction of sp³-hybridized carbons (Fsp3) is 0.0526. The van der Waals surface area contributed by atoms with Gasteiger partial charge >= 0.3 is 0 Å². The van der Waals surface area contributed by atoms with Crippen molar-refractivity contribution in [2.24, 2.45) is 16.1 Å². The fourth-order valence-corrected chi connectivity index (χ4v) is 2.99. The van der Waals surface area contributed by atoms with Crippen molar-refractivity contribution in [3.8, 4) is 5.75 Å². The molecular weight excluding hydrogens is 318 g/mol. The van der Waals surface area contributed by atoms with Crippen molar-refractivity contribution >= 4 is 22.3 Å². The number of phenolic OH excluding ortho intramolecular Hbond substituents is 1. The van der Waals surface area contributed by atoms with Crippen LogP contribution in [0.1, 0.15) is 5.56 Å². The fourth-order valence-electron chi connectivity index (χ4n) is 2.99. The highest BCUT2D eigenvalue weighted by Crippen LogP contribution is 2.38. The van der Waals surface area contributed by atoms with Crippen LogP contribution in [0.4, 0.5) is 5.69 Å². The average molecular weight is 331 g/mol. The summed E-state index contributed by atoms with van der Waals surface area (Å²) in [6.07, 6.45) is 8.74. The molecule has 122 valence electrons. The van der Waals surface area contributed by atoms with Gasteiger partial charge in [-0.25, -0.2) is 4.99 Å². The summed E-state index contributed by atoms with van der Waals surface area (Å²) in [6, 6.07) is 4.81. The maximum absolute atomic E-state index is 11.2. The van der Waals surface area contributed by atoms with E-state index in [-0.39, 0.29) is 28.6 Å². The Hall–Kier alpha value is -3.54. The molecule has 0 saturated heterocycles. The Kier molecular flexibility index (Phi) is 3.32. The molecule has 1 aliphatic heterocycles. The zero-order chi connectivity index (χ0) is 17.6. The second-order valence-electron chi connectivity index (χ2n) is 5.78. The monoisotopic (exact) mass is 331 g/mol. The predicted octanol–water partition coefficient (Wildman–Crippen LogP) is 4.21. The molecule has 4 rings (SSSR count). The zero-order valence-corrected chi connectivity index (χ0v) is 13.0. The number of aliphatic hydroxyl groups excluding tert-OH is 1. The van der Waals surface area contributed by atoms with E-state index in [0.29, 0.717) is 27.9 Å². The minimum atomic E-state index is -0.154. The molecule has 0 spiro atoms. The van der Waals surface area contributed by atoms with Gasteiger partial charge in [0, 0.05) is 28.6 Å². The van der Waals surface area contributed by atoms with Gasteiger partial charge in [0.15, 0.2) is 5.75 Å². The summed E-state index contributed by atoms with van der Waals surface area (Å²) in [7, 11) is 0. The number of aromatic hydroxyl groups is 1. The van der Waals surface area contributed by atoms with Gasteiger partial charge in [0.2, 0.25) is 0 Å². The van der Waals surface area contributed by atoms with Crippen LogP contribution in [0.15, 0.2) is 82.5 Å². The van der Waals surface area contributed by atoms with Crippen LogP contribution in [0, 0.1) is 10.8 Å². The Morgan fingerprint density at radius 2 is 2.00 bits per heavy atom. The van der Waals surface area contributed by atoms with Crippen LogP contribution < -0.4 is 0 Å². The average Bonchev–Trinajstić information content (AvgIpc) is 2.65. The first-order chi connectivity index (χ1) is 12.1. The second-order valence-corrected chi connectivity index (χ2v) is 5.78. The van der Waals surface area contributed by atoms with E-state index in [2.05, 4.69) is 21.7 Å². The molecule has 25 heavy (non-hydrogen) atoms. The van der Waals surface area contributed by atoms with E-state index in [1.54, 1.807) is 24.3 Å². The molecule has 1 aromatic heterocycles. The first-order valence-corrected chi connectivity index (χ1v) is 7.62. The molecule has 2 heterocycles. The van der Waals surface area contributed by atoms with Crippen molar-refractivity contribution in [3.63, 3.8) is 0 Å². The van der Waals surface area contributed by atoms with Gasteiger partial charge in [-0.2, -0.15) is 0 Å². The number of fused-ring (bicyclic) bond motifs is 2. The Bertz CT molecular complexity index is 1060. The lowest BCUT2D eigenvalue weighted by atomic mass is 9.91. The highest BCUT2D eigenvalue weighted by Gasteiger charge is 2.24. The number of pyridine rings is 1. The normalized spacial score (nSPS) is 19.1. The van der Waals surface area contributed by atoms with Gasteiger partial charge in [0.25, 0.3) is 0 Å². The molecule has 2 aromatic rings. The van der Waals surface area contributed by atoms with Crippen LogP contribution in [0.5, 0.6) is 5.75 Å². The number of benzene rings is 1. The van der Waals surface area contributed by atoms with Gasteiger partial charge in [-0.15, -0.1) is 4.91 Å². The first-order valence-electron chi connectivity index (χ1n) is 7.62. The van der Waals surface area contributed by atoms with E-state index >= 15 is 0 Å². The lowest BCUT2D eigenvalue weighted by Gasteiger charge is -2.21. The maximum Gasteiger partial charge on any atom is 0.151 e. The molecule has 2 aliphatic rings. The van der Waals surface area contributed by atoms with Crippen molar-refractivity contribution in [2.45, 2.75) is 0 Å². The number of aliphatic hydroxyl groups is 1. The number of dihydropyridines is 1. The van der Waals surface area contributed by atoms with Crippen LogP contribution in [0.25, 0.3) is 10.9 Å². The summed E-state index contributed by atoms with van der Waals surface area (Å²) in [4.78, 5) is 19.8. The summed E-state index contributed by atoms with van der Waals surface area (Å²) < 4.78 is 0. The Morgan fingerprint density at radius 3 is 2.80 bits per heavy atom. The quantitative estimate of drug-likeness (QED) is 0.806. The molecule has 0 saturated carbocycles. The largest absolute Gasteiger partial charge is 0.505 e. The SMILES string of the molecule is C=C1C=CC2C=CC(c3cc(N=O)c4cccnc4c3O)=NC2=C1O. The van der Waals surface area contributed by atoms with Crippen molar-refractivity contribution < 1.29 is 10.2 Å². The van der Waals surface area contributed by atoms with Crippen LogP contribution >= 0.6 is 0 Å². The minimum absolute atomic E-state index is 0.0153. The van der Waals surface area contributed by atoms with Crippen molar-refractivity contribution in [1.29, 1.82) is 0 Å². The topological polar surface area (TPSA) is 95.1 Å². The first kappa shape index (κ1) is 15.0. The number of nitroso groups, excluding NO2 is 1. The number of allylic oxidation sites excluding steroid dienone is 3. The number of aliphatic imine (C=N–C) groups is 1. The second kappa shape index (κ2) is 5.52. The van der Waals surface area contributed by atoms with E-state index < -0.39 is 0 Å². The molecule has 1 unspecified atom stereocenters. The molecule has 0 bridgehead atoms. The molecule has 6 nitrogen and oxygen atoms in total. The van der Waals surface area contributed by atoms with Crippen molar-refractivity contribution in [2.75, 3.05) is 0 Å². The van der Waals surface area contributed by atoms with Crippen molar-refractivity contribution in [3.05, 3.63) is 82.8 Å².